The molecule has 0 unspecified atom stereocenters. The molecule has 0 saturated heterocycles. The molecule has 25 heavy (non-hydrogen) atoms. The standard InChI is InChI=1S/C10H14O2.C7H11N.C2H3O2.Y/c1-7-8(6-9(11)12)4-5-10(7,2)3;1-6-7(2,3)4-5-8-6;1-2(3)4;/h4-5H,6H2,1-3H3,(H,11,12);4-5H,1-3H3;1H2,(H,3,4);/q;;-1;. The van der Waals surface area contributed by atoms with E-state index in [1.807, 2.05) is 19.2 Å². The van der Waals surface area contributed by atoms with Gasteiger partial charge in [0.2, 0.25) is 0 Å². The average Bonchev–Trinajstić information content (AvgIpc) is 2.83. The molecule has 2 rings (SSSR count). The van der Waals surface area contributed by atoms with E-state index < -0.39 is 11.9 Å². The molecule has 0 atom stereocenters. The number of hydrogen-bond donors (Lipinski definition) is 2. The van der Waals surface area contributed by atoms with Crippen molar-refractivity contribution in [3.05, 3.63) is 42.5 Å². The summed E-state index contributed by atoms with van der Waals surface area (Å²) < 4.78 is 0. The first kappa shape index (κ1) is 26.0. The number of aliphatic carboxylic acids is 2. The van der Waals surface area contributed by atoms with Gasteiger partial charge in [-0.25, -0.2) is 0 Å². The Kier molecular flexibility index (Phi) is 11.2. The summed E-state index contributed by atoms with van der Waals surface area (Å²) in [6, 6.07) is 0. The third kappa shape index (κ3) is 9.76. The smallest absolute Gasteiger partial charge is 0.307 e. The average molecular weight is 423 g/mol. The maximum Gasteiger partial charge on any atom is 0.307 e. The summed E-state index contributed by atoms with van der Waals surface area (Å²) in [5.74, 6) is -1.84. The molecule has 0 fully saturated rings. The minimum absolute atomic E-state index is 0. The topological polar surface area (TPSA) is 87.0 Å². The largest absolute Gasteiger partial charge is 0.503 e. The van der Waals surface area contributed by atoms with Crippen molar-refractivity contribution in [3.63, 3.8) is 0 Å². The van der Waals surface area contributed by atoms with Gasteiger partial charge in [-0.05, 0) is 19.4 Å². The number of hydrogen-bond acceptors (Lipinski definition) is 3. The van der Waals surface area contributed by atoms with Crippen LogP contribution in [0.2, 0.25) is 0 Å². The van der Waals surface area contributed by atoms with Crippen molar-refractivity contribution in [2.24, 2.45) is 15.8 Å². The van der Waals surface area contributed by atoms with Crippen LogP contribution in [-0.2, 0) is 42.3 Å². The molecule has 6 heteroatoms. The molecule has 0 aromatic heterocycles. The zero-order valence-corrected chi connectivity index (χ0v) is 18.8. The van der Waals surface area contributed by atoms with Gasteiger partial charge in [0.15, 0.2) is 5.97 Å². The molecule has 0 aromatic rings. The molecule has 2 aliphatic rings. The molecule has 0 aromatic carbocycles. The van der Waals surface area contributed by atoms with Gasteiger partial charge >= 0.3 is 5.97 Å². The number of rotatable bonds is 2. The first-order valence-electron chi connectivity index (χ1n) is 7.68. The maximum atomic E-state index is 10.4. The molecule has 1 radical (unpaired) electrons. The van der Waals surface area contributed by atoms with Crippen LogP contribution in [0, 0.1) is 17.8 Å². The molecule has 137 valence electrons. The van der Waals surface area contributed by atoms with E-state index in [1.54, 1.807) is 0 Å². The fraction of sp³-hybridized carbons (Fsp3) is 0.474. The number of nitrogens with zero attached hydrogens (tertiary/aromatic N) is 1. The van der Waals surface area contributed by atoms with E-state index in [1.165, 1.54) is 11.3 Å². The van der Waals surface area contributed by atoms with Gasteiger partial charge in [-0.3, -0.25) is 21.5 Å². The summed E-state index contributed by atoms with van der Waals surface area (Å²) in [5, 5.41) is 15.9. The molecular weight excluding hydrogens is 395 g/mol. The van der Waals surface area contributed by atoms with Gasteiger partial charge in [0, 0.05) is 55.5 Å². The van der Waals surface area contributed by atoms with Gasteiger partial charge in [-0.2, -0.15) is 0 Å². The van der Waals surface area contributed by atoms with Crippen molar-refractivity contribution >= 4 is 17.7 Å². The third-order valence-corrected chi connectivity index (χ3v) is 4.18. The van der Waals surface area contributed by atoms with Crippen molar-refractivity contribution in [2.45, 2.75) is 48.0 Å². The first-order valence-corrected chi connectivity index (χ1v) is 7.68. The zero-order chi connectivity index (χ0) is 19.1. The minimum atomic E-state index is -1.08. The Balaban J connectivity index is 0. The van der Waals surface area contributed by atoms with Crippen LogP contribution >= 0.6 is 0 Å². The fourth-order valence-corrected chi connectivity index (χ4v) is 1.95. The summed E-state index contributed by atoms with van der Waals surface area (Å²) in [6.45, 7) is 15.1. The Hall–Kier alpha value is -1.20. The molecule has 1 aliphatic heterocycles. The van der Waals surface area contributed by atoms with Crippen molar-refractivity contribution in [3.8, 4) is 0 Å². The van der Waals surface area contributed by atoms with E-state index in [9.17, 15) is 4.79 Å². The SMILES string of the molecule is CC1=C(CC(=O)O)C=CC1(C)C.CC1=NC=CC1(C)C.[CH2-]C(=O)O.[Y]. The van der Waals surface area contributed by atoms with Crippen molar-refractivity contribution in [2.75, 3.05) is 0 Å². The zero-order valence-electron chi connectivity index (χ0n) is 16.0. The molecule has 1 aliphatic carbocycles. The molecule has 5 nitrogen and oxygen atoms in total. The Morgan fingerprint density at radius 1 is 1.08 bits per heavy atom. The van der Waals surface area contributed by atoms with Gasteiger partial charge in [0.25, 0.3) is 0 Å². The van der Waals surface area contributed by atoms with E-state index in [2.05, 4.69) is 58.7 Å². The Morgan fingerprint density at radius 3 is 1.76 bits per heavy atom. The molecule has 0 saturated carbocycles. The second-order valence-corrected chi connectivity index (χ2v) is 6.92. The van der Waals surface area contributed by atoms with Gasteiger partial charge < -0.3 is 10.2 Å². The monoisotopic (exact) mass is 423 g/mol. The summed E-state index contributed by atoms with van der Waals surface area (Å²) in [5.41, 5.74) is 3.60. The van der Waals surface area contributed by atoms with Crippen LogP contribution < -0.4 is 0 Å². The van der Waals surface area contributed by atoms with Crippen LogP contribution in [0.3, 0.4) is 0 Å². The number of carboxylic acid groups (broad SMARTS) is 2. The Labute approximate surface area is 175 Å². The Bertz CT molecular complexity index is 607. The maximum absolute atomic E-state index is 10.4. The minimum Gasteiger partial charge on any atom is -0.503 e. The van der Waals surface area contributed by atoms with Crippen LogP contribution in [0.25, 0.3) is 0 Å². The predicted molar refractivity (Wildman–Crippen MR) is 96.9 cm³/mol. The van der Waals surface area contributed by atoms with Crippen LogP contribution in [0.15, 0.2) is 40.6 Å². The second kappa shape index (κ2) is 10.7. The second-order valence-electron chi connectivity index (χ2n) is 6.92. The third-order valence-electron chi connectivity index (χ3n) is 4.18. The fourth-order valence-electron chi connectivity index (χ4n) is 1.95. The van der Waals surface area contributed by atoms with Crippen LogP contribution in [-0.4, -0.2) is 27.9 Å². The molecule has 0 amide bonds. The molecule has 2 N–H and O–H groups in total. The van der Waals surface area contributed by atoms with E-state index in [-0.39, 0.29) is 50.0 Å². The molecular formula is C19H28NO4Y-. The van der Waals surface area contributed by atoms with Gasteiger partial charge in [0.1, 0.15) is 0 Å². The van der Waals surface area contributed by atoms with Crippen molar-refractivity contribution in [1.82, 2.24) is 0 Å². The number of carboxylic acids is 2. The first-order chi connectivity index (χ1) is 10.8. The van der Waals surface area contributed by atoms with Crippen molar-refractivity contribution < 1.29 is 52.5 Å². The van der Waals surface area contributed by atoms with E-state index in [4.69, 9.17) is 15.0 Å². The van der Waals surface area contributed by atoms with E-state index in [0.29, 0.717) is 0 Å². The summed E-state index contributed by atoms with van der Waals surface area (Å²) in [7, 11) is 0. The van der Waals surface area contributed by atoms with Crippen LogP contribution in [0.1, 0.15) is 48.0 Å². The number of allylic oxidation sites excluding steroid dienone is 4. The van der Waals surface area contributed by atoms with Crippen molar-refractivity contribution in [1.29, 1.82) is 0 Å². The normalized spacial score (nSPS) is 18.2. The predicted octanol–water partition coefficient (Wildman–Crippen LogP) is 4.28. The van der Waals surface area contributed by atoms with E-state index in [0.717, 1.165) is 5.57 Å². The van der Waals surface area contributed by atoms with Crippen LogP contribution in [0.5, 0.6) is 0 Å². The molecule has 0 bridgehead atoms. The number of aliphatic imine (C=N–C) groups is 1. The van der Waals surface area contributed by atoms with Gasteiger partial charge in [0.05, 0.1) is 6.42 Å². The number of carbonyl (C=O) groups is 2. The molecule has 0 spiro atoms. The van der Waals surface area contributed by atoms with Gasteiger partial charge in [-0.1, -0.05) is 51.5 Å². The summed E-state index contributed by atoms with van der Waals surface area (Å²) >= 11 is 0. The summed E-state index contributed by atoms with van der Waals surface area (Å²) in [4.78, 5) is 23.5. The van der Waals surface area contributed by atoms with E-state index >= 15 is 0 Å². The van der Waals surface area contributed by atoms with Crippen LogP contribution in [0.4, 0.5) is 0 Å². The van der Waals surface area contributed by atoms with Gasteiger partial charge in [-0.15, -0.1) is 0 Å². The summed E-state index contributed by atoms with van der Waals surface area (Å²) in [6.07, 6.45) is 8.10. The Morgan fingerprint density at radius 2 is 1.56 bits per heavy atom. The molecule has 1 heterocycles. The quantitative estimate of drug-likeness (QED) is 0.650.